The van der Waals surface area contributed by atoms with Gasteiger partial charge in [0.2, 0.25) is 5.91 Å². The van der Waals surface area contributed by atoms with Crippen LogP contribution in [0.2, 0.25) is 0 Å². The van der Waals surface area contributed by atoms with Gasteiger partial charge in [-0.25, -0.2) is 4.39 Å². The molecule has 4 aromatic rings. The van der Waals surface area contributed by atoms with Crippen molar-refractivity contribution in [2.24, 2.45) is 0 Å². The number of halogens is 1. The second kappa shape index (κ2) is 12.6. The number of ether oxygens (including phenoxy) is 1. The molecule has 8 nitrogen and oxygen atoms in total. The summed E-state index contributed by atoms with van der Waals surface area (Å²) in [5, 5.41) is 8.81. The van der Waals surface area contributed by atoms with E-state index >= 15 is 0 Å². The van der Waals surface area contributed by atoms with Crippen molar-refractivity contribution in [2.75, 3.05) is 44.7 Å². The molecule has 5 rings (SSSR count). The molecule has 9 heteroatoms. The number of hydrogen-bond donors (Lipinski definition) is 0. The number of aryl methyl sites for hydroxylation is 1. The number of hydrogen-bond acceptors (Lipinski definition) is 6. The van der Waals surface area contributed by atoms with E-state index in [1.165, 1.54) is 17.0 Å². The van der Waals surface area contributed by atoms with Gasteiger partial charge in [-0.1, -0.05) is 30.3 Å². The van der Waals surface area contributed by atoms with Gasteiger partial charge in [-0.05, 0) is 72.6 Å². The molecule has 1 fully saturated rings. The summed E-state index contributed by atoms with van der Waals surface area (Å²) < 4.78 is 18.7. The van der Waals surface area contributed by atoms with E-state index in [2.05, 4.69) is 15.1 Å². The van der Waals surface area contributed by atoms with Crippen LogP contribution in [0.5, 0.6) is 5.75 Å². The van der Waals surface area contributed by atoms with E-state index in [4.69, 9.17) is 4.74 Å². The van der Waals surface area contributed by atoms with Crippen LogP contribution < -0.4 is 9.64 Å². The molecule has 1 aromatic heterocycles. The zero-order valence-corrected chi connectivity index (χ0v) is 23.2. The minimum absolute atomic E-state index is 0.0685. The molecule has 3 aromatic carbocycles. The molecule has 2 amide bonds. The number of carbonyl (C=O) groups is 2. The van der Waals surface area contributed by atoms with Gasteiger partial charge in [-0.15, -0.1) is 10.2 Å². The lowest BCUT2D eigenvalue weighted by Gasteiger charge is -2.36. The number of anilines is 1. The molecule has 0 radical (unpaired) electrons. The monoisotopic (exact) mass is 553 g/mol. The number of piperazine rings is 1. The fourth-order valence-electron chi connectivity index (χ4n) is 4.85. The Morgan fingerprint density at radius 2 is 1.59 bits per heavy atom. The Bertz CT molecular complexity index is 1490. The molecule has 0 bridgehead atoms. The second-order valence-electron chi connectivity index (χ2n) is 9.98. The quantitative estimate of drug-likeness (QED) is 0.318. The first-order valence-corrected chi connectivity index (χ1v) is 13.5. The number of amides is 2. The van der Waals surface area contributed by atoms with E-state index in [1.807, 2.05) is 61.5 Å². The van der Waals surface area contributed by atoms with Gasteiger partial charge in [0.25, 0.3) is 5.91 Å². The Morgan fingerprint density at radius 1 is 0.878 bits per heavy atom. The molecular formula is C32H32FN5O3. The van der Waals surface area contributed by atoms with E-state index in [0.717, 1.165) is 34.0 Å². The van der Waals surface area contributed by atoms with Crippen molar-refractivity contribution in [2.45, 2.75) is 13.5 Å². The summed E-state index contributed by atoms with van der Waals surface area (Å²) in [5.41, 5.74) is 3.85. The first-order valence-electron chi connectivity index (χ1n) is 13.5. The molecule has 1 saturated heterocycles. The first-order chi connectivity index (χ1) is 19.9. The maximum atomic E-state index is 13.5. The van der Waals surface area contributed by atoms with E-state index in [0.29, 0.717) is 31.7 Å². The van der Waals surface area contributed by atoms with Crippen molar-refractivity contribution < 1.29 is 18.7 Å². The highest BCUT2D eigenvalue weighted by Crippen LogP contribution is 2.22. The molecule has 0 saturated carbocycles. The van der Waals surface area contributed by atoms with Crippen molar-refractivity contribution in [3.63, 3.8) is 0 Å². The number of nitrogens with zero attached hydrogens (tertiary/aromatic N) is 5. The van der Waals surface area contributed by atoms with Crippen molar-refractivity contribution >= 4 is 17.6 Å². The van der Waals surface area contributed by atoms with E-state index in [-0.39, 0.29) is 30.7 Å². The molecule has 0 spiro atoms. The Balaban J connectivity index is 1.22. The lowest BCUT2D eigenvalue weighted by molar-refractivity contribution is -0.132. The topological polar surface area (TPSA) is 78.9 Å². The van der Waals surface area contributed by atoms with Crippen molar-refractivity contribution in [1.29, 1.82) is 0 Å². The van der Waals surface area contributed by atoms with Crippen LogP contribution in [0.3, 0.4) is 0 Å². The number of rotatable bonds is 8. The highest BCUT2D eigenvalue weighted by molar-refractivity contribution is 5.97. The van der Waals surface area contributed by atoms with Gasteiger partial charge in [-0.2, -0.15) is 0 Å². The van der Waals surface area contributed by atoms with Gasteiger partial charge in [0.1, 0.15) is 18.1 Å². The molecule has 41 heavy (non-hydrogen) atoms. The largest absolute Gasteiger partial charge is 0.497 e. The summed E-state index contributed by atoms with van der Waals surface area (Å²) in [5.74, 6) is 0.826. The molecule has 0 unspecified atom stereocenters. The molecule has 210 valence electrons. The fraction of sp³-hybridized carbons (Fsp3) is 0.250. The van der Waals surface area contributed by atoms with Gasteiger partial charge < -0.3 is 19.4 Å². The third-order valence-electron chi connectivity index (χ3n) is 7.27. The number of aromatic nitrogens is 2. The van der Waals surface area contributed by atoms with Gasteiger partial charge in [0.05, 0.1) is 12.8 Å². The number of benzene rings is 3. The Morgan fingerprint density at radius 3 is 2.22 bits per heavy atom. The maximum Gasteiger partial charge on any atom is 0.254 e. The van der Waals surface area contributed by atoms with Crippen LogP contribution in [0.4, 0.5) is 10.2 Å². The number of carbonyl (C=O) groups excluding carboxylic acids is 2. The summed E-state index contributed by atoms with van der Waals surface area (Å²) in [4.78, 5) is 32.3. The minimum atomic E-state index is -0.348. The van der Waals surface area contributed by atoms with E-state index in [1.54, 1.807) is 30.2 Å². The highest BCUT2D eigenvalue weighted by Gasteiger charge is 2.26. The van der Waals surface area contributed by atoms with Crippen LogP contribution in [0.1, 0.15) is 21.5 Å². The summed E-state index contributed by atoms with van der Waals surface area (Å²) >= 11 is 0. The van der Waals surface area contributed by atoms with Crippen molar-refractivity contribution in [1.82, 2.24) is 20.0 Å². The van der Waals surface area contributed by atoms with Crippen molar-refractivity contribution in [3.05, 3.63) is 107 Å². The third-order valence-corrected chi connectivity index (χ3v) is 7.27. The molecule has 2 heterocycles. The third kappa shape index (κ3) is 6.69. The van der Waals surface area contributed by atoms with E-state index in [9.17, 15) is 14.0 Å². The zero-order chi connectivity index (χ0) is 28.8. The van der Waals surface area contributed by atoms with Gasteiger partial charge in [0.15, 0.2) is 5.82 Å². The van der Waals surface area contributed by atoms with Crippen LogP contribution in [-0.2, 0) is 11.3 Å². The predicted molar refractivity (Wildman–Crippen MR) is 155 cm³/mol. The Labute approximate surface area is 239 Å². The van der Waals surface area contributed by atoms with Crippen LogP contribution in [0, 0.1) is 12.7 Å². The average Bonchev–Trinajstić information content (AvgIpc) is 3.02. The second-order valence-corrected chi connectivity index (χ2v) is 9.98. The van der Waals surface area contributed by atoms with Crippen LogP contribution >= 0.6 is 0 Å². The average molecular weight is 554 g/mol. The zero-order valence-electron chi connectivity index (χ0n) is 23.2. The molecule has 1 aliphatic rings. The summed E-state index contributed by atoms with van der Waals surface area (Å²) in [6.45, 7) is 4.22. The molecule has 0 N–H and O–H groups in total. The minimum Gasteiger partial charge on any atom is -0.497 e. The van der Waals surface area contributed by atoms with E-state index < -0.39 is 0 Å². The lowest BCUT2D eigenvalue weighted by atomic mass is 10.1. The van der Waals surface area contributed by atoms with Gasteiger partial charge in [-0.3, -0.25) is 9.59 Å². The number of methoxy groups -OCH3 is 1. The molecular weight excluding hydrogens is 521 g/mol. The van der Waals surface area contributed by atoms with Crippen molar-refractivity contribution in [3.8, 4) is 17.0 Å². The van der Waals surface area contributed by atoms with Gasteiger partial charge >= 0.3 is 0 Å². The first kappa shape index (κ1) is 27.8. The van der Waals surface area contributed by atoms with Crippen LogP contribution in [0.25, 0.3) is 11.3 Å². The van der Waals surface area contributed by atoms with Gasteiger partial charge in [0, 0.05) is 43.9 Å². The van der Waals surface area contributed by atoms with Crippen LogP contribution in [0.15, 0.2) is 84.9 Å². The standard InChI is InChI=1S/C32H32FN5O3/c1-23-5-3-4-6-28(23)32(40)38(21-24-7-11-26(33)12-8-24)22-31(39)37-19-17-36(18-20-37)30-16-15-29(34-35-30)25-9-13-27(41-2)14-10-25/h3-16H,17-22H2,1-2H3. The lowest BCUT2D eigenvalue weighted by Crippen LogP contribution is -2.52. The summed E-state index contributed by atoms with van der Waals surface area (Å²) in [6, 6.07) is 24.8. The maximum absolute atomic E-state index is 13.5. The smallest absolute Gasteiger partial charge is 0.254 e. The SMILES string of the molecule is COc1ccc(-c2ccc(N3CCN(C(=O)CN(Cc4ccc(F)cc4)C(=O)c4ccccc4C)CC3)nn2)cc1. The Kier molecular flexibility index (Phi) is 8.53. The Hall–Kier alpha value is -4.79. The fourth-order valence-corrected chi connectivity index (χ4v) is 4.85. The summed E-state index contributed by atoms with van der Waals surface area (Å²) in [7, 11) is 1.63. The molecule has 0 aliphatic carbocycles. The summed E-state index contributed by atoms with van der Waals surface area (Å²) in [6.07, 6.45) is 0. The normalized spacial score (nSPS) is 13.1. The molecule has 0 atom stereocenters. The van der Waals surface area contributed by atoms with Crippen LogP contribution in [-0.4, -0.2) is 71.6 Å². The predicted octanol–water partition coefficient (Wildman–Crippen LogP) is 4.59. The highest BCUT2D eigenvalue weighted by atomic mass is 19.1. The molecule has 1 aliphatic heterocycles.